The van der Waals surface area contributed by atoms with E-state index in [1.807, 2.05) is 13.8 Å². The monoisotopic (exact) mass is 204 g/mol. The van der Waals surface area contributed by atoms with E-state index in [1.165, 1.54) is 6.07 Å². The topological polar surface area (TPSA) is 20.2 Å². The molecule has 0 spiro atoms. The summed E-state index contributed by atoms with van der Waals surface area (Å²) in [5, 5.41) is 11.3. The van der Waals surface area contributed by atoms with E-state index in [9.17, 15) is 9.50 Å². The van der Waals surface area contributed by atoms with Crippen LogP contribution in [0.25, 0.3) is 10.8 Å². The summed E-state index contributed by atoms with van der Waals surface area (Å²) in [5.74, 6) is 0.0625. The largest absolute Gasteiger partial charge is 0.508 e. The van der Waals surface area contributed by atoms with Gasteiger partial charge in [0.15, 0.2) is 0 Å². The fraction of sp³-hybridized carbons (Fsp3) is 0.231. The molecule has 0 unspecified atom stereocenters. The number of rotatable bonds is 1. The Morgan fingerprint density at radius 2 is 2.00 bits per heavy atom. The molecule has 2 aromatic rings. The molecule has 2 heteroatoms. The van der Waals surface area contributed by atoms with Crippen LogP contribution in [-0.2, 0) is 6.42 Å². The van der Waals surface area contributed by atoms with Gasteiger partial charge in [-0.15, -0.1) is 0 Å². The lowest BCUT2D eigenvalue weighted by Crippen LogP contribution is -1.92. The molecule has 0 atom stereocenters. The number of hydrogen-bond donors (Lipinski definition) is 1. The minimum absolute atomic E-state index is 0.168. The van der Waals surface area contributed by atoms with Crippen molar-refractivity contribution in [1.29, 1.82) is 0 Å². The number of benzene rings is 2. The third kappa shape index (κ3) is 1.56. The SMILES string of the molecule is CCc1c(F)ccc2cc(O)cc(C)c12. The first-order valence-corrected chi connectivity index (χ1v) is 5.04. The molecule has 0 aliphatic heterocycles. The summed E-state index contributed by atoms with van der Waals surface area (Å²) in [6.07, 6.45) is 0.661. The number of aromatic hydroxyl groups is 1. The van der Waals surface area contributed by atoms with Gasteiger partial charge in [0.25, 0.3) is 0 Å². The molecule has 0 bridgehead atoms. The van der Waals surface area contributed by atoms with Crippen molar-refractivity contribution in [3.63, 3.8) is 0 Å². The zero-order valence-corrected chi connectivity index (χ0v) is 8.84. The van der Waals surface area contributed by atoms with E-state index in [2.05, 4.69) is 0 Å². The lowest BCUT2D eigenvalue weighted by molar-refractivity contribution is 0.475. The fourth-order valence-corrected chi connectivity index (χ4v) is 2.07. The van der Waals surface area contributed by atoms with Gasteiger partial charge in [0.05, 0.1) is 0 Å². The molecular weight excluding hydrogens is 191 g/mol. The third-order valence-corrected chi connectivity index (χ3v) is 2.70. The van der Waals surface area contributed by atoms with Crippen LogP contribution in [0.5, 0.6) is 5.75 Å². The maximum Gasteiger partial charge on any atom is 0.127 e. The molecule has 0 aliphatic rings. The summed E-state index contributed by atoms with van der Waals surface area (Å²) < 4.78 is 13.5. The van der Waals surface area contributed by atoms with Crippen LogP contribution in [0.2, 0.25) is 0 Å². The van der Waals surface area contributed by atoms with Crippen molar-refractivity contribution in [3.05, 3.63) is 41.2 Å². The molecule has 0 saturated heterocycles. The van der Waals surface area contributed by atoms with Crippen LogP contribution in [0.4, 0.5) is 4.39 Å². The molecule has 2 aromatic carbocycles. The molecule has 15 heavy (non-hydrogen) atoms. The summed E-state index contributed by atoms with van der Waals surface area (Å²) >= 11 is 0. The summed E-state index contributed by atoms with van der Waals surface area (Å²) in [7, 11) is 0. The Balaban J connectivity index is 2.91. The molecule has 2 rings (SSSR count). The standard InChI is InChI=1S/C13H13FO/c1-3-11-12(14)5-4-9-7-10(15)6-8(2)13(9)11/h4-7,15H,3H2,1-2H3. The number of phenols is 1. The number of phenolic OH excluding ortho intramolecular Hbond substituents is 1. The molecular formula is C13H13FO. The molecule has 0 aromatic heterocycles. The molecule has 78 valence electrons. The van der Waals surface area contributed by atoms with Gasteiger partial charge in [-0.2, -0.15) is 0 Å². The quantitative estimate of drug-likeness (QED) is 0.753. The van der Waals surface area contributed by atoms with Crippen molar-refractivity contribution < 1.29 is 9.50 Å². The lowest BCUT2D eigenvalue weighted by atomic mass is 9.97. The fourth-order valence-electron chi connectivity index (χ4n) is 2.07. The Morgan fingerprint density at radius 3 is 2.67 bits per heavy atom. The smallest absolute Gasteiger partial charge is 0.127 e. The highest BCUT2D eigenvalue weighted by Gasteiger charge is 2.08. The van der Waals surface area contributed by atoms with Crippen molar-refractivity contribution in [1.82, 2.24) is 0 Å². The lowest BCUT2D eigenvalue weighted by Gasteiger charge is -2.09. The Labute approximate surface area is 88.2 Å². The molecule has 0 saturated carbocycles. The van der Waals surface area contributed by atoms with Crippen LogP contribution < -0.4 is 0 Å². The van der Waals surface area contributed by atoms with Gasteiger partial charge >= 0.3 is 0 Å². The van der Waals surface area contributed by atoms with Crippen LogP contribution in [0.3, 0.4) is 0 Å². The highest BCUT2D eigenvalue weighted by molar-refractivity contribution is 5.90. The molecule has 0 fully saturated rings. The Hall–Kier alpha value is -1.57. The Morgan fingerprint density at radius 1 is 1.27 bits per heavy atom. The van der Waals surface area contributed by atoms with Gasteiger partial charge in [-0.3, -0.25) is 0 Å². The van der Waals surface area contributed by atoms with Crippen LogP contribution in [0, 0.1) is 12.7 Å². The van der Waals surface area contributed by atoms with Gasteiger partial charge in [0, 0.05) is 0 Å². The van der Waals surface area contributed by atoms with Gasteiger partial charge in [0.2, 0.25) is 0 Å². The predicted octanol–water partition coefficient (Wildman–Crippen LogP) is 3.56. The average Bonchev–Trinajstić information content (AvgIpc) is 2.18. The van der Waals surface area contributed by atoms with Crippen LogP contribution in [0.15, 0.2) is 24.3 Å². The van der Waals surface area contributed by atoms with Crippen LogP contribution >= 0.6 is 0 Å². The maximum atomic E-state index is 13.5. The van der Waals surface area contributed by atoms with Gasteiger partial charge in [-0.1, -0.05) is 13.0 Å². The summed E-state index contributed by atoms with van der Waals surface area (Å²) in [5.41, 5.74) is 1.64. The van der Waals surface area contributed by atoms with E-state index >= 15 is 0 Å². The minimum Gasteiger partial charge on any atom is -0.508 e. The van der Waals surface area contributed by atoms with Crippen LogP contribution in [-0.4, -0.2) is 5.11 Å². The Bertz CT molecular complexity index is 517. The zero-order chi connectivity index (χ0) is 11.0. The highest BCUT2D eigenvalue weighted by Crippen LogP contribution is 2.29. The molecule has 0 radical (unpaired) electrons. The number of hydrogen-bond acceptors (Lipinski definition) is 1. The van der Waals surface area contributed by atoms with Crippen molar-refractivity contribution in [2.75, 3.05) is 0 Å². The molecule has 0 aliphatic carbocycles. The van der Waals surface area contributed by atoms with E-state index < -0.39 is 0 Å². The van der Waals surface area contributed by atoms with E-state index in [0.29, 0.717) is 6.42 Å². The van der Waals surface area contributed by atoms with E-state index in [-0.39, 0.29) is 11.6 Å². The van der Waals surface area contributed by atoms with Gasteiger partial charge in [0.1, 0.15) is 11.6 Å². The second kappa shape index (κ2) is 3.54. The molecule has 1 N–H and O–H groups in total. The predicted molar refractivity (Wildman–Crippen MR) is 59.7 cm³/mol. The van der Waals surface area contributed by atoms with Crippen molar-refractivity contribution >= 4 is 10.8 Å². The molecule has 0 amide bonds. The second-order valence-corrected chi connectivity index (χ2v) is 3.74. The first kappa shape index (κ1) is 9.97. The van der Waals surface area contributed by atoms with E-state index in [0.717, 1.165) is 21.9 Å². The summed E-state index contributed by atoms with van der Waals surface area (Å²) in [6, 6.07) is 6.50. The number of fused-ring (bicyclic) bond motifs is 1. The summed E-state index contributed by atoms with van der Waals surface area (Å²) in [4.78, 5) is 0. The number of halogens is 1. The third-order valence-electron chi connectivity index (χ3n) is 2.70. The van der Waals surface area contributed by atoms with Crippen molar-refractivity contribution in [2.45, 2.75) is 20.3 Å². The average molecular weight is 204 g/mol. The second-order valence-electron chi connectivity index (χ2n) is 3.74. The summed E-state index contributed by atoms with van der Waals surface area (Å²) in [6.45, 7) is 3.82. The minimum atomic E-state index is -0.168. The van der Waals surface area contributed by atoms with Gasteiger partial charge < -0.3 is 5.11 Å². The van der Waals surface area contributed by atoms with Gasteiger partial charge in [-0.25, -0.2) is 4.39 Å². The van der Waals surface area contributed by atoms with Crippen LogP contribution in [0.1, 0.15) is 18.1 Å². The zero-order valence-electron chi connectivity index (χ0n) is 8.84. The number of aryl methyl sites for hydroxylation is 2. The van der Waals surface area contributed by atoms with E-state index in [1.54, 1.807) is 18.2 Å². The normalized spacial score (nSPS) is 10.9. The highest BCUT2D eigenvalue weighted by atomic mass is 19.1. The molecule has 0 heterocycles. The van der Waals surface area contributed by atoms with Gasteiger partial charge in [-0.05, 0) is 53.4 Å². The first-order chi connectivity index (χ1) is 7.13. The van der Waals surface area contributed by atoms with Crippen molar-refractivity contribution in [2.24, 2.45) is 0 Å². The Kier molecular flexibility index (Phi) is 2.35. The first-order valence-electron chi connectivity index (χ1n) is 5.04. The van der Waals surface area contributed by atoms with Crippen molar-refractivity contribution in [3.8, 4) is 5.75 Å². The van der Waals surface area contributed by atoms with E-state index in [4.69, 9.17) is 0 Å². The maximum absolute atomic E-state index is 13.5. The molecule has 1 nitrogen and oxygen atoms in total.